The topological polar surface area (TPSA) is 37.4 Å². The highest BCUT2D eigenvalue weighted by Crippen LogP contribution is 2.28. The van der Waals surface area contributed by atoms with Gasteiger partial charge in [0.2, 0.25) is 10.0 Å². The zero-order valence-corrected chi connectivity index (χ0v) is 15.5. The Morgan fingerprint density at radius 2 is 1.79 bits per heavy atom. The zero-order valence-electron chi connectivity index (χ0n) is 13.9. The number of thioether (sulfide) groups is 1. The van der Waals surface area contributed by atoms with Crippen molar-refractivity contribution in [1.29, 1.82) is 0 Å². The van der Waals surface area contributed by atoms with E-state index < -0.39 is 10.0 Å². The predicted molar refractivity (Wildman–Crippen MR) is 99.8 cm³/mol. The lowest BCUT2D eigenvalue weighted by Gasteiger charge is -2.31. The van der Waals surface area contributed by atoms with Crippen LogP contribution in [0.5, 0.6) is 0 Å². The largest absolute Gasteiger partial charge is 0.243 e. The van der Waals surface area contributed by atoms with Gasteiger partial charge in [-0.2, -0.15) is 4.31 Å². The molecule has 1 saturated heterocycles. The molecule has 1 atom stereocenters. The highest BCUT2D eigenvalue weighted by atomic mass is 32.2. The summed E-state index contributed by atoms with van der Waals surface area (Å²) in [6, 6.07) is 17.5. The van der Waals surface area contributed by atoms with Crippen molar-refractivity contribution in [3.8, 4) is 0 Å². The van der Waals surface area contributed by atoms with Crippen LogP contribution in [0, 0.1) is 12.8 Å². The lowest BCUT2D eigenvalue weighted by molar-refractivity contribution is 0.284. The van der Waals surface area contributed by atoms with E-state index in [0.717, 1.165) is 24.2 Å². The molecule has 0 spiro atoms. The number of piperidine rings is 1. The Bertz CT molecular complexity index is 758. The molecule has 5 heteroatoms. The molecule has 3 nitrogen and oxygen atoms in total. The minimum atomic E-state index is -3.37. The first-order valence-corrected chi connectivity index (χ1v) is 10.7. The van der Waals surface area contributed by atoms with Crippen molar-refractivity contribution in [2.24, 2.45) is 5.92 Å². The summed E-state index contributed by atoms with van der Waals surface area (Å²) in [7, 11) is -3.37. The van der Waals surface area contributed by atoms with Crippen LogP contribution in [0.4, 0.5) is 0 Å². The van der Waals surface area contributed by atoms with Crippen molar-refractivity contribution in [3.05, 3.63) is 60.2 Å². The molecule has 1 unspecified atom stereocenters. The minimum absolute atomic E-state index is 0.407. The van der Waals surface area contributed by atoms with Crippen LogP contribution in [-0.2, 0) is 10.0 Å². The van der Waals surface area contributed by atoms with E-state index in [1.165, 1.54) is 4.90 Å². The standard InChI is InChI=1S/C19H23NO2S2/c1-16-9-11-19(12-10-16)24(21,22)20-13-5-6-17(14-20)15-23-18-7-3-2-4-8-18/h2-4,7-12,17H,5-6,13-15H2,1H3. The summed E-state index contributed by atoms with van der Waals surface area (Å²) in [6.07, 6.45) is 2.03. The molecule has 1 fully saturated rings. The van der Waals surface area contributed by atoms with Crippen molar-refractivity contribution >= 4 is 21.8 Å². The number of benzene rings is 2. The van der Waals surface area contributed by atoms with E-state index in [1.807, 2.05) is 49.0 Å². The summed E-state index contributed by atoms with van der Waals surface area (Å²) in [6.45, 7) is 3.22. The summed E-state index contributed by atoms with van der Waals surface area (Å²) in [5.41, 5.74) is 1.07. The molecule has 1 aliphatic rings. The molecule has 3 rings (SSSR count). The number of sulfonamides is 1. The zero-order chi connectivity index (χ0) is 17.0. The summed E-state index contributed by atoms with van der Waals surface area (Å²) in [5, 5.41) is 0. The van der Waals surface area contributed by atoms with Gasteiger partial charge in [-0.1, -0.05) is 35.9 Å². The predicted octanol–water partition coefficient (Wildman–Crippen LogP) is 4.19. The van der Waals surface area contributed by atoms with E-state index in [9.17, 15) is 8.42 Å². The van der Waals surface area contributed by atoms with Gasteiger partial charge in [0.25, 0.3) is 0 Å². The normalized spacial score (nSPS) is 19.3. The van der Waals surface area contributed by atoms with Gasteiger partial charge in [0.1, 0.15) is 0 Å². The molecular weight excluding hydrogens is 338 g/mol. The van der Waals surface area contributed by atoms with Crippen molar-refractivity contribution in [2.75, 3.05) is 18.8 Å². The Hall–Kier alpha value is -1.30. The van der Waals surface area contributed by atoms with E-state index in [2.05, 4.69) is 12.1 Å². The monoisotopic (exact) mass is 361 g/mol. The van der Waals surface area contributed by atoms with Crippen LogP contribution >= 0.6 is 11.8 Å². The first kappa shape index (κ1) is 17.5. The third-order valence-electron chi connectivity index (χ3n) is 4.37. The fourth-order valence-corrected chi connectivity index (χ4v) is 5.58. The molecule has 0 amide bonds. The third kappa shape index (κ3) is 4.21. The van der Waals surface area contributed by atoms with Gasteiger partial charge in [-0.3, -0.25) is 0 Å². The van der Waals surface area contributed by atoms with Crippen LogP contribution in [0.1, 0.15) is 18.4 Å². The molecule has 1 aliphatic heterocycles. The molecule has 2 aromatic rings. The van der Waals surface area contributed by atoms with Crippen molar-refractivity contribution in [3.63, 3.8) is 0 Å². The van der Waals surface area contributed by atoms with Crippen molar-refractivity contribution < 1.29 is 8.42 Å². The van der Waals surface area contributed by atoms with Crippen LogP contribution in [-0.4, -0.2) is 31.6 Å². The Morgan fingerprint density at radius 1 is 1.08 bits per heavy atom. The van der Waals surface area contributed by atoms with Gasteiger partial charge in [0.05, 0.1) is 4.90 Å². The third-order valence-corrected chi connectivity index (χ3v) is 7.49. The maximum absolute atomic E-state index is 12.8. The summed E-state index contributed by atoms with van der Waals surface area (Å²) >= 11 is 1.82. The van der Waals surface area contributed by atoms with Crippen molar-refractivity contribution in [2.45, 2.75) is 29.6 Å². The number of nitrogens with zero attached hydrogens (tertiary/aromatic N) is 1. The first-order valence-electron chi connectivity index (χ1n) is 8.30. The minimum Gasteiger partial charge on any atom is -0.207 e. The highest BCUT2D eigenvalue weighted by molar-refractivity contribution is 7.99. The Kier molecular flexibility index (Phi) is 5.64. The van der Waals surface area contributed by atoms with Gasteiger partial charge >= 0.3 is 0 Å². The van der Waals surface area contributed by atoms with Crippen LogP contribution in [0.3, 0.4) is 0 Å². The second-order valence-corrected chi connectivity index (χ2v) is 9.34. The SMILES string of the molecule is Cc1ccc(S(=O)(=O)N2CCCC(CSc3ccccc3)C2)cc1. The van der Waals surface area contributed by atoms with E-state index in [0.29, 0.717) is 23.9 Å². The van der Waals surface area contributed by atoms with Gasteiger partial charge in [-0.05, 0) is 49.9 Å². The summed E-state index contributed by atoms with van der Waals surface area (Å²) in [5.74, 6) is 1.37. The maximum atomic E-state index is 12.8. The molecule has 2 aromatic carbocycles. The number of hydrogen-bond donors (Lipinski definition) is 0. The average Bonchev–Trinajstić information content (AvgIpc) is 2.61. The average molecular weight is 362 g/mol. The number of rotatable bonds is 5. The number of aryl methyl sites for hydroxylation is 1. The Balaban J connectivity index is 1.65. The summed E-state index contributed by atoms with van der Waals surface area (Å²) in [4.78, 5) is 1.65. The molecule has 0 radical (unpaired) electrons. The maximum Gasteiger partial charge on any atom is 0.243 e. The fraction of sp³-hybridized carbons (Fsp3) is 0.368. The second-order valence-electron chi connectivity index (χ2n) is 6.31. The lowest BCUT2D eigenvalue weighted by atomic mass is 10.0. The van der Waals surface area contributed by atoms with Crippen LogP contribution in [0.15, 0.2) is 64.4 Å². The van der Waals surface area contributed by atoms with Gasteiger partial charge < -0.3 is 0 Å². The number of hydrogen-bond acceptors (Lipinski definition) is 3. The van der Waals surface area contributed by atoms with Gasteiger partial charge in [-0.25, -0.2) is 8.42 Å². The van der Waals surface area contributed by atoms with Crippen LogP contribution in [0.25, 0.3) is 0 Å². The van der Waals surface area contributed by atoms with Crippen LogP contribution in [0.2, 0.25) is 0 Å². The summed E-state index contributed by atoms with van der Waals surface area (Å²) < 4.78 is 27.3. The molecule has 0 bridgehead atoms. The Morgan fingerprint density at radius 3 is 2.50 bits per heavy atom. The highest BCUT2D eigenvalue weighted by Gasteiger charge is 2.30. The molecule has 128 valence electrons. The molecule has 0 aromatic heterocycles. The molecule has 0 saturated carbocycles. The molecule has 1 heterocycles. The first-order chi connectivity index (χ1) is 11.6. The smallest absolute Gasteiger partial charge is 0.207 e. The van der Waals surface area contributed by atoms with Gasteiger partial charge in [-0.15, -0.1) is 11.8 Å². The van der Waals surface area contributed by atoms with Crippen LogP contribution < -0.4 is 0 Å². The van der Waals surface area contributed by atoms with Gasteiger partial charge in [0, 0.05) is 23.7 Å². The Labute approximate surface area is 149 Å². The molecule has 24 heavy (non-hydrogen) atoms. The second kappa shape index (κ2) is 7.72. The molecule has 0 aliphatic carbocycles. The van der Waals surface area contributed by atoms with Crippen molar-refractivity contribution in [1.82, 2.24) is 4.31 Å². The van der Waals surface area contributed by atoms with Gasteiger partial charge in [0.15, 0.2) is 0 Å². The molecular formula is C19H23NO2S2. The molecule has 0 N–H and O–H groups in total. The van der Waals surface area contributed by atoms with E-state index in [-0.39, 0.29) is 0 Å². The lowest BCUT2D eigenvalue weighted by Crippen LogP contribution is -2.40. The quantitative estimate of drug-likeness (QED) is 0.750. The van der Waals surface area contributed by atoms with E-state index >= 15 is 0 Å². The fourth-order valence-electron chi connectivity index (χ4n) is 2.97. The van der Waals surface area contributed by atoms with E-state index in [4.69, 9.17) is 0 Å². The van der Waals surface area contributed by atoms with E-state index in [1.54, 1.807) is 16.4 Å².